The average Bonchev–Trinajstić information content (AvgIpc) is 2.53. The molecule has 2 aliphatic rings. The Morgan fingerprint density at radius 1 is 1.58 bits per heavy atom. The van der Waals surface area contributed by atoms with Crippen LogP contribution >= 0.6 is 0 Å². The quantitative estimate of drug-likeness (QED) is 0.570. The van der Waals surface area contributed by atoms with Gasteiger partial charge < -0.3 is 4.74 Å². The number of likely N-dealkylation sites (N-methyl/N-ethyl adjacent to an activating group) is 1. The van der Waals surface area contributed by atoms with Gasteiger partial charge in [0.2, 0.25) is 0 Å². The van der Waals surface area contributed by atoms with Crippen LogP contribution in [0.2, 0.25) is 0 Å². The standard InChI is InChI=1S/C9H15NO2/c1-6(11)8-5-9-7(10(8)2)3-4-12-9/h7-9H,3-5H2,1-2H3. The summed E-state index contributed by atoms with van der Waals surface area (Å²) in [6.07, 6.45) is 2.31. The van der Waals surface area contributed by atoms with Crippen LogP contribution in [0.15, 0.2) is 0 Å². The first-order chi connectivity index (χ1) is 5.70. The SMILES string of the molecule is CC(=O)C1CC2OCCC2N1C. The predicted molar refractivity (Wildman–Crippen MR) is 45.0 cm³/mol. The van der Waals surface area contributed by atoms with Gasteiger partial charge in [0.15, 0.2) is 0 Å². The maximum atomic E-state index is 11.2. The molecule has 2 saturated heterocycles. The Morgan fingerprint density at radius 2 is 2.33 bits per heavy atom. The summed E-state index contributed by atoms with van der Waals surface area (Å²) < 4.78 is 5.53. The maximum absolute atomic E-state index is 11.2. The molecule has 0 N–H and O–H groups in total. The zero-order valence-electron chi connectivity index (χ0n) is 7.62. The number of ether oxygens (including phenoxy) is 1. The third-order valence-corrected chi connectivity index (χ3v) is 3.11. The molecule has 0 aliphatic carbocycles. The van der Waals surface area contributed by atoms with Gasteiger partial charge in [-0.2, -0.15) is 0 Å². The first-order valence-corrected chi connectivity index (χ1v) is 4.54. The summed E-state index contributed by atoms with van der Waals surface area (Å²) in [4.78, 5) is 13.4. The van der Waals surface area contributed by atoms with E-state index in [0.29, 0.717) is 12.1 Å². The van der Waals surface area contributed by atoms with E-state index in [0.717, 1.165) is 19.4 Å². The molecule has 68 valence electrons. The summed E-state index contributed by atoms with van der Waals surface area (Å²) in [5, 5.41) is 0. The van der Waals surface area contributed by atoms with Crippen LogP contribution in [0.25, 0.3) is 0 Å². The summed E-state index contributed by atoms with van der Waals surface area (Å²) in [5.74, 6) is 0.274. The number of hydrogen-bond acceptors (Lipinski definition) is 3. The van der Waals surface area contributed by atoms with Gasteiger partial charge in [0.25, 0.3) is 0 Å². The lowest BCUT2D eigenvalue weighted by Crippen LogP contribution is -2.36. The van der Waals surface area contributed by atoms with Crippen molar-refractivity contribution in [3.63, 3.8) is 0 Å². The number of carbonyl (C=O) groups excluding carboxylic acids is 1. The third kappa shape index (κ3) is 1.08. The summed E-state index contributed by atoms with van der Waals surface area (Å²) in [5.41, 5.74) is 0. The highest BCUT2D eigenvalue weighted by Gasteiger charge is 2.44. The number of carbonyl (C=O) groups is 1. The lowest BCUT2D eigenvalue weighted by Gasteiger charge is -2.21. The molecule has 2 rings (SSSR count). The number of likely N-dealkylation sites (tertiary alicyclic amines) is 1. The summed E-state index contributed by atoms with van der Waals surface area (Å²) in [6, 6.07) is 0.610. The Balaban J connectivity index is 2.10. The first kappa shape index (κ1) is 8.20. The number of rotatable bonds is 1. The average molecular weight is 169 g/mol. The second-order valence-electron chi connectivity index (χ2n) is 3.79. The molecular weight excluding hydrogens is 154 g/mol. The molecule has 0 bridgehead atoms. The zero-order chi connectivity index (χ0) is 8.72. The minimum absolute atomic E-state index is 0.111. The summed E-state index contributed by atoms with van der Waals surface area (Å²) >= 11 is 0. The molecule has 0 aromatic rings. The fourth-order valence-electron chi connectivity index (χ4n) is 2.40. The highest BCUT2D eigenvalue weighted by molar-refractivity contribution is 5.81. The molecule has 0 spiro atoms. The molecule has 3 unspecified atom stereocenters. The smallest absolute Gasteiger partial charge is 0.146 e. The van der Waals surface area contributed by atoms with E-state index in [1.807, 2.05) is 7.05 Å². The van der Waals surface area contributed by atoms with Crippen molar-refractivity contribution in [1.29, 1.82) is 0 Å². The molecule has 3 atom stereocenters. The van der Waals surface area contributed by atoms with Crippen molar-refractivity contribution >= 4 is 5.78 Å². The van der Waals surface area contributed by atoms with Crippen molar-refractivity contribution < 1.29 is 9.53 Å². The molecule has 0 aromatic heterocycles. The second-order valence-corrected chi connectivity index (χ2v) is 3.79. The van der Waals surface area contributed by atoms with Crippen LogP contribution < -0.4 is 0 Å². The van der Waals surface area contributed by atoms with Gasteiger partial charge in [-0.25, -0.2) is 0 Å². The Bertz CT molecular complexity index is 205. The maximum Gasteiger partial charge on any atom is 0.146 e. The minimum Gasteiger partial charge on any atom is -0.376 e. The van der Waals surface area contributed by atoms with Crippen LogP contribution in [0.4, 0.5) is 0 Å². The van der Waals surface area contributed by atoms with Crippen molar-refractivity contribution in [3.05, 3.63) is 0 Å². The molecule has 0 aromatic carbocycles. The summed E-state index contributed by atoms with van der Waals surface area (Å²) in [6.45, 7) is 2.53. The number of Topliss-reactive ketones (excluding diaryl/α,β-unsaturated/α-hetero) is 1. The number of hydrogen-bond donors (Lipinski definition) is 0. The van der Waals surface area contributed by atoms with E-state index in [1.54, 1.807) is 6.92 Å². The number of ketones is 1. The van der Waals surface area contributed by atoms with Crippen LogP contribution in [0, 0.1) is 0 Å². The van der Waals surface area contributed by atoms with Gasteiger partial charge in [-0.05, 0) is 26.8 Å². The minimum atomic E-state index is 0.111. The molecule has 0 saturated carbocycles. The third-order valence-electron chi connectivity index (χ3n) is 3.11. The molecule has 0 amide bonds. The Morgan fingerprint density at radius 3 is 2.92 bits per heavy atom. The zero-order valence-corrected chi connectivity index (χ0v) is 7.62. The van der Waals surface area contributed by atoms with Crippen molar-refractivity contribution in [1.82, 2.24) is 4.90 Å². The normalized spacial score (nSPS) is 41.7. The number of nitrogens with zero attached hydrogens (tertiary/aromatic N) is 1. The fraction of sp³-hybridized carbons (Fsp3) is 0.889. The van der Waals surface area contributed by atoms with Crippen molar-refractivity contribution in [2.24, 2.45) is 0 Å². The molecule has 0 radical (unpaired) electrons. The Kier molecular flexibility index (Phi) is 1.93. The van der Waals surface area contributed by atoms with Crippen LogP contribution in [-0.2, 0) is 9.53 Å². The first-order valence-electron chi connectivity index (χ1n) is 4.54. The molecule has 2 heterocycles. The monoisotopic (exact) mass is 169 g/mol. The van der Waals surface area contributed by atoms with Gasteiger partial charge in [-0.3, -0.25) is 9.69 Å². The Hall–Kier alpha value is -0.410. The largest absolute Gasteiger partial charge is 0.376 e. The number of fused-ring (bicyclic) bond motifs is 1. The van der Waals surface area contributed by atoms with Gasteiger partial charge in [0, 0.05) is 12.6 Å². The predicted octanol–water partition coefficient (Wildman–Crippen LogP) is 0.437. The molecular formula is C9H15NO2. The van der Waals surface area contributed by atoms with E-state index in [-0.39, 0.29) is 11.8 Å². The van der Waals surface area contributed by atoms with E-state index < -0.39 is 0 Å². The molecule has 2 aliphatic heterocycles. The molecule has 3 nitrogen and oxygen atoms in total. The summed E-state index contributed by atoms with van der Waals surface area (Å²) in [7, 11) is 2.03. The van der Waals surface area contributed by atoms with Crippen LogP contribution in [0.1, 0.15) is 19.8 Å². The second kappa shape index (κ2) is 2.82. The van der Waals surface area contributed by atoms with E-state index in [4.69, 9.17) is 4.74 Å². The van der Waals surface area contributed by atoms with Crippen molar-refractivity contribution in [3.8, 4) is 0 Å². The van der Waals surface area contributed by atoms with Gasteiger partial charge in [-0.1, -0.05) is 0 Å². The van der Waals surface area contributed by atoms with Gasteiger partial charge in [0.1, 0.15) is 5.78 Å². The van der Waals surface area contributed by atoms with E-state index >= 15 is 0 Å². The van der Waals surface area contributed by atoms with E-state index in [1.165, 1.54) is 0 Å². The molecule has 2 fully saturated rings. The lowest BCUT2D eigenvalue weighted by atomic mass is 10.1. The lowest BCUT2D eigenvalue weighted by molar-refractivity contribution is -0.121. The van der Waals surface area contributed by atoms with Gasteiger partial charge >= 0.3 is 0 Å². The van der Waals surface area contributed by atoms with Crippen LogP contribution in [0.5, 0.6) is 0 Å². The highest BCUT2D eigenvalue weighted by atomic mass is 16.5. The topological polar surface area (TPSA) is 29.5 Å². The van der Waals surface area contributed by atoms with Gasteiger partial charge in [0.05, 0.1) is 12.1 Å². The van der Waals surface area contributed by atoms with Crippen LogP contribution in [-0.4, -0.2) is 42.5 Å². The van der Waals surface area contributed by atoms with Gasteiger partial charge in [-0.15, -0.1) is 0 Å². The Labute approximate surface area is 72.7 Å². The molecule has 12 heavy (non-hydrogen) atoms. The highest BCUT2D eigenvalue weighted by Crippen LogP contribution is 2.32. The van der Waals surface area contributed by atoms with E-state index in [9.17, 15) is 4.79 Å². The molecule has 3 heteroatoms. The van der Waals surface area contributed by atoms with Crippen LogP contribution in [0.3, 0.4) is 0 Å². The fourth-order valence-corrected chi connectivity index (χ4v) is 2.40. The van der Waals surface area contributed by atoms with E-state index in [2.05, 4.69) is 4.90 Å². The van der Waals surface area contributed by atoms with Crippen molar-refractivity contribution in [2.75, 3.05) is 13.7 Å². The van der Waals surface area contributed by atoms with Crippen molar-refractivity contribution in [2.45, 2.75) is 38.0 Å².